The van der Waals surface area contributed by atoms with Gasteiger partial charge in [0.05, 0.1) is 0 Å². The van der Waals surface area contributed by atoms with Crippen LogP contribution in [0.2, 0.25) is 0 Å². The minimum absolute atomic E-state index is 0.826. The molecule has 0 atom stereocenters. The molecule has 0 unspecified atom stereocenters. The van der Waals surface area contributed by atoms with Gasteiger partial charge < -0.3 is 0 Å². The van der Waals surface area contributed by atoms with Gasteiger partial charge in [0.1, 0.15) is 6.42 Å². The fourth-order valence-electron chi connectivity index (χ4n) is 0.194. The van der Waals surface area contributed by atoms with Gasteiger partial charge in [-0.25, -0.2) is 0 Å². The van der Waals surface area contributed by atoms with Crippen LogP contribution in [-0.4, -0.2) is 11.8 Å². The molecule has 0 aromatic rings. The van der Waals surface area contributed by atoms with E-state index in [1.54, 1.807) is 0 Å². The van der Waals surface area contributed by atoms with Crippen molar-refractivity contribution in [3.63, 3.8) is 0 Å². The normalized spacial score (nSPS) is 8.00. The van der Waals surface area contributed by atoms with Gasteiger partial charge in [-0.1, -0.05) is 0 Å². The largest absolute Gasteiger partial charge is 0.295 e. The third-order valence-corrected chi connectivity index (χ3v) is 0.506. The van der Waals surface area contributed by atoms with E-state index in [1.807, 2.05) is 10.4 Å². The average molecular weight is 130 g/mol. The number of hydrogen-bond donors (Lipinski definition) is 0. The first-order valence-corrected chi connectivity index (χ1v) is 1.93. The molecule has 0 N–H and O–H groups in total. The molecule has 0 bridgehead atoms. The van der Waals surface area contributed by atoms with Crippen LogP contribution in [0.3, 0.4) is 0 Å². The van der Waals surface area contributed by atoms with E-state index in [0.29, 0.717) is 0 Å². The lowest BCUT2D eigenvalue weighted by Gasteiger charge is -1.77. The number of nitroso groups, excluding NO2 is 2. The van der Waals surface area contributed by atoms with Crippen LogP contribution >= 0.6 is 0 Å². The van der Waals surface area contributed by atoms with E-state index < -0.39 is 18.2 Å². The number of nitrogens with zero attached hydrogens (tertiary/aromatic N) is 2. The van der Waals surface area contributed by atoms with Crippen molar-refractivity contribution in [3.8, 4) is 0 Å². The Kier molecular flexibility index (Phi) is 2.96. The van der Waals surface area contributed by atoms with Crippen LogP contribution in [0.4, 0.5) is 0 Å². The van der Waals surface area contributed by atoms with Gasteiger partial charge in [0.2, 0.25) is 0 Å². The van der Waals surface area contributed by atoms with Crippen molar-refractivity contribution in [3.05, 3.63) is 9.81 Å². The zero-order valence-electron chi connectivity index (χ0n) is 4.23. The van der Waals surface area contributed by atoms with Crippen molar-refractivity contribution in [2.75, 3.05) is 0 Å². The molecule has 0 spiro atoms. The maximum absolute atomic E-state index is 9.88. The van der Waals surface area contributed by atoms with Crippen LogP contribution in [0, 0.1) is 9.81 Å². The molecule has 0 aliphatic rings. The summed E-state index contributed by atoms with van der Waals surface area (Å²) in [4.78, 5) is 38.3. The summed E-state index contributed by atoms with van der Waals surface area (Å²) in [5, 5.41) is 3.74. The van der Waals surface area contributed by atoms with Crippen molar-refractivity contribution >= 4 is 11.8 Å². The van der Waals surface area contributed by atoms with E-state index >= 15 is 0 Å². The topological polar surface area (TPSA) is 93.0 Å². The second-order valence-electron chi connectivity index (χ2n) is 1.15. The second-order valence-corrected chi connectivity index (χ2v) is 1.15. The van der Waals surface area contributed by atoms with E-state index in [2.05, 4.69) is 0 Å². The lowest BCUT2D eigenvalue weighted by atomic mass is 10.4. The predicted octanol–water partition coefficient (Wildman–Crippen LogP) is -0.0375. The summed E-state index contributed by atoms with van der Waals surface area (Å²) < 4.78 is 0. The van der Waals surface area contributed by atoms with Gasteiger partial charge in [0.15, 0.2) is 0 Å². The van der Waals surface area contributed by atoms with E-state index in [4.69, 9.17) is 0 Å². The Bertz CT molecular complexity index is 145. The molecule has 0 fully saturated rings. The molecule has 0 aliphatic carbocycles. The molecule has 48 valence electrons. The van der Waals surface area contributed by atoms with Crippen LogP contribution in [0.25, 0.3) is 0 Å². The van der Waals surface area contributed by atoms with Gasteiger partial charge in [-0.3, -0.25) is 9.59 Å². The Morgan fingerprint density at radius 3 is 1.56 bits per heavy atom. The highest BCUT2D eigenvalue weighted by atomic mass is 16.3. The zero-order valence-corrected chi connectivity index (χ0v) is 4.23. The summed E-state index contributed by atoms with van der Waals surface area (Å²) in [7, 11) is 0. The Morgan fingerprint density at radius 2 is 1.33 bits per heavy atom. The summed E-state index contributed by atoms with van der Waals surface area (Å²) in [6.07, 6.45) is -0.826. The van der Waals surface area contributed by atoms with Gasteiger partial charge in [0, 0.05) is 10.4 Å². The van der Waals surface area contributed by atoms with E-state index in [1.165, 1.54) is 0 Å². The first-order valence-electron chi connectivity index (χ1n) is 1.93. The van der Waals surface area contributed by atoms with Crippen molar-refractivity contribution in [1.82, 2.24) is 0 Å². The summed E-state index contributed by atoms with van der Waals surface area (Å²) in [5.41, 5.74) is 0. The van der Waals surface area contributed by atoms with Crippen LogP contribution in [0.15, 0.2) is 10.4 Å². The van der Waals surface area contributed by atoms with Crippen molar-refractivity contribution in [2.24, 2.45) is 10.4 Å². The van der Waals surface area contributed by atoms with Gasteiger partial charge in [0.25, 0.3) is 11.8 Å². The summed E-state index contributed by atoms with van der Waals surface area (Å²) >= 11 is 0. The number of amides is 2. The third-order valence-electron chi connectivity index (χ3n) is 0.506. The van der Waals surface area contributed by atoms with E-state index in [9.17, 15) is 19.4 Å². The highest BCUT2D eigenvalue weighted by Crippen LogP contribution is 1.86. The van der Waals surface area contributed by atoms with E-state index in [0.717, 1.165) is 0 Å². The fraction of sp³-hybridized carbons (Fsp3) is 0.333. The molecular weight excluding hydrogens is 128 g/mol. The predicted molar refractivity (Wildman–Crippen MR) is 26.2 cm³/mol. The minimum Gasteiger partial charge on any atom is -0.268 e. The zero-order chi connectivity index (χ0) is 7.28. The second kappa shape index (κ2) is 3.53. The molecule has 0 aliphatic heterocycles. The monoisotopic (exact) mass is 130 g/mol. The molecular formula is C3H2N2O4. The molecule has 0 aromatic carbocycles. The molecule has 0 heterocycles. The average Bonchev–Trinajstić information content (AvgIpc) is 1.87. The molecule has 6 nitrogen and oxygen atoms in total. The summed E-state index contributed by atoms with van der Waals surface area (Å²) in [5.74, 6) is -2.36. The van der Waals surface area contributed by atoms with Crippen LogP contribution in [-0.2, 0) is 9.59 Å². The first kappa shape index (κ1) is 7.54. The smallest absolute Gasteiger partial charge is 0.268 e. The standard InChI is InChI=1S/C3H2N2O4/c6-2(4-8)1-3(7)5-9/h1H2. The van der Waals surface area contributed by atoms with Crippen LogP contribution in [0.5, 0.6) is 0 Å². The number of carbonyl (C=O) groups is 2. The molecule has 2 amide bonds. The Labute approximate surface area is 49.2 Å². The Balaban J connectivity index is 3.73. The Morgan fingerprint density at radius 1 is 1.00 bits per heavy atom. The van der Waals surface area contributed by atoms with Gasteiger partial charge in [-0.2, -0.15) is 0 Å². The lowest BCUT2D eigenvalue weighted by molar-refractivity contribution is -0.125. The molecule has 0 saturated carbocycles. The number of hydrogen-bond acceptors (Lipinski definition) is 4. The number of carbonyl (C=O) groups excluding carboxylic acids is 2. The molecule has 0 aromatic heterocycles. The van der Waals surface area contributed by atoms with Gasteiger partial charge >= 0.3 is 0 Å². The maximum atomic E-state index is 9.88. The molecule has 9 heavy (non-hydrogen) atoms. The van der Waals surface area contributed by atoms with Crippen LogP contribution in [0.1, 0.15) is 6.42 Å². The molecule has 0 radical (unpaired) electrons. The Hall–Kier alpha value is -1.46. The van der Waals surface area contributed by atoms with Crippen molar-refractivity contribution in [1.29, 1.82) is 0 Å². The molecule has 0 saturated heterocycles. The summed E-state index contributed by atoms with van der Waals surface area (Å²) in [6.45, 7) is 0. The van der Waals surface area contributed by atoms with Crippen molar-refractivity contribution < 1.29 is 9.59 Å². The quantitative estimate of drug-likeness (QED) is 0.387. The highest BCUT2D eigenvalue weighted by Gasteiger charge is 2.08. The lowest BCUT2D eigenvalue weighted by Crippen LogP contribution is -2.00. The highest BCUT2D eigenvalue weighted by molar-refractivity contribution is 5.97. The van der Waals surface area contributed by atoms with Gasteiger partial charge in [-0.05, 0) is 0 Å². The maximum Gasteiger partial charge on any atom is 0.295 e. The van der Waals surface area contributed by atoms with E-state index in [-0.39, 0.29) is 0 Å². The first-order chi connectivity index (χ1) is 4.20. The van der Waals surface area contributed by atoms with Crippen LogP contribution < -0.4 is 0 Å². The molecule has 6 heteroatoms. The third kappa shape index (κ3) is 3.15. The molecule has 0 rings (SSSR count). The van der Waals surface area contributed by atoms with Gasteiger partial charge in [-0.15, -0.1) is 9.81 Å². The van der Waals surface area contributed by atoms with Crippen molar-refractivity contribution in [2.45, 2.75) is 6.42 Å². The number of rotatable bonds is 2. The fourth-order valence-corrected chi connectivity index (χ4v) is 0.194. The summed E-state index contributed by atoms with van der Waals surface area (Å²) in [6, 6.07) is 0. The SMILES string of the molecule is O=NC(=O)CC(=O)N=O. The minimum atomic E-state index is -1.18.